The van der Waals surface area contributed by atoms with Crippen LogP contribution in [0.2, 0.25) is 0 Å². The monoisotopic (exact) mass is 347 g/mol. The zero-order valence-corrected chi connectivity index (χ0v) is 14.7. The van der Waals surface area contributed by atoms with Gasteiger partial charge in [-0.2, -0.15) is 0 Å². The van der Waals surface area contributed by atoms with E-state index in [4.69, 9.17) is 4.74 Å². The molecule has 2 aromatic rings. The van der Waals surface area contributed by atoms with Crippen LogP contribution in [0.3, 0.4) is 0 Å². The summed E-state index contributed by atoms with van der Waals surface area (Å²) in [6.07, 6.45) is 5.31. The Labute approximate surface area is 145 Å². The molecule has 8 heteroatoms. The second-order valence-electron chi connectivity index (χ2n) is 5.82. The maximum absolute atomic E-state index is 12.1. The zero-order valence-electron chi connectivity index (χ0n) is 13.9. The lowest BCUT2D eigenvalue weighted by atomic mass is 9.94. The predicted octanol–water partition coefficient (Wildman–Crippen LogP) is 2.34. The van der Waals surface area contributed by atoms with Gasteiger partial charge in [0.05, 0.1) is 11.4 Å². The summed E-state index contributed by atoms with van der Waals surface area (Å²) < 4.78 is 4.96. The van der Waals surface area contributed by atoms with Crippen LogP contribution in [0.5, 0.6) is 0 Å². The second kappa shape index (κ2) is 7.67. The van der Waals surface area contributed by atoms with Crippen LogP contribution in [0, 0.1) is 6.92 Å². The number of ether oxygens (including phenoxy) is 1. The molecule has 0 bridgehead atoms. The van der Waals surface area contributed by atoms with Crippen LogP contribution < -0.4 is 5.32 Å². The average molecular weight is 347 g/mol. The Hall–Kier alpha value is -2.06. The SMILES string of the molecule is COCC(=O)N1CCCC(c2nccnc2Nc2nc(C)cs2)C1. The van der Waals surface area contributed by atoms with Crippen LogP contribution in [-0.4, -0.2) is 52.6 Å². The van der Waals surface area contributed by atoms with Gasteiger partial charge in [0.1, 0.15) is 6.61 Å². The number of rotatable bonds is 5. The normalized spacial score (nSPS) is 17.8. The Morgan fingerprint density at radius 3 is 3.04 bits per heavy atom. The van der Waals surface area contributed by atoms with E-state index < -0.39 is 0 Å². The number of carbonyl (C=O) groups excluding carboxylic acids is 1. The highest BCUT2D eigenvalue weighted by Crippen LogP contribution is 2.31. The molecule has 7 nitrogen and oxygen atoms in total. The van der Waals surface area contributed by atoms with Gasteiger partial charge in [-0.05, 0) is 19.8 Å². The molecule has 1 atom stereocenters. The molecule has 128 valence electrons. The van der Waals surface area contributed by atoms with Crippen LogP contribution in [0.25, 0.3) is 0 Å². The van der Waals surface area contributed by atoms with Gasteiger partial charge >= 0.3 is 0 Å². The first-order chi connectivity index (χ1) is 11.7. The van der Waals surface area contributed by atoms with E-state index in [1.54, 1.807) is 30.8 Å². The molecule has 24 heavy (non-hydrogen) atoms. The Balaban J connectivity index is 1.77. The Kier molecular flexibility index (Phi) is 5.37. The quantitative estimate of drug-likeness (QED) is 0.894. The summed E-state index contributed by atoms with van der Waals surface area (Å²) in [6.45, 7) is 3.50. The lowest BCUT2D eigenvalue weighted by molar-refractivity contribution is -0.136. The number of likely N-dealkylation sites (tertiary alicyclic amines) is 1. The molecule has 1 aliphatic heterocycles. The van der Waals surface area contributed by atoms with Crippen molar-refractivity contribution in [2.45, 2.75) is 25.7 Å². The first-order valence-electron chi connectivity index (χ1n) is 7.94. The van der Waals surface area contributed by atoms with Gasteiger partial charge in [0.15, 0.2) is 10.9 Å². The van der Waals surface area contributed by atoms with Crippen LogP contribution in [0.1, 0.15) is 30.1 Å². The molecular formula is C16H21N5O2S. The van der Waals surface area contributed by atoms with E-state index in [-0.39, 0.29) is 18.4 Å². The number of carbonyl (C=O) groups is 1. The molecule has 0 aliphatic carbocycles. The molecule has 0 spiro atoms. The van der Waals surface area contributed by atoms with Crippen LogP contribution in [0.15, 0.2) is 17.8 Å². The van der Waals surface area contributed by atoms with E-state index in [9.17, 15) is 4.79 Å². The molecule has 1 aliphatic rings. The van der Waals surface area contributed by atoms with Gasteiger partial charge in [0.2, 0.25) is 5.91 Å². The number of piperidine rings is 1. The highest BCUT2D eigenvalue weighted by molar-refractivity contribution is 7.13. The van der Waals surface area contributed by atoms with Crippen molar-refractivity contribution in [3.8, 4) is 0 Å². The van der Waals surface area contributed by atoms with Crippen LogP contribution >= 0.6 is 11.3 Å². The summed E-state index contributed by atoms with van der Waals surface area (Å²) in [6, 6.07) is 0. The fraction of sp³-hybridized carbons (Fsp3) is 0.500. The number of anilines is 2. The van der Waals surface area contributed by atoms with Gasteiger partial charge in [0.25, 0.3) is 0 Å². The van der Waals surface area contributed by atoms with E-state index in [2.05, 4.69) is 20.3 Å². The third kappa shape index (κ3) is 3.88. The second-order valence-corrected chi connectivity index (χ2v) is 6.68. The molecule has 1 unspecified atom stereocenters. The maximum atomic E-state index is 12.1. The van der Waals surface area contributed by atoms with Crippen LogP contribution in [0.4, 0.5) is 10.9 Å². The fourth-order valence-corrected chi connectivity index (χ4v) is 3.59. The standard InChI is InChI=1S/C16H21N5O2S/c1-11-10-24-16(19-11)20-15-14(17-5-6-18-15)12-4-3-7-21(8-12)13(22)9-23-2/h5-6,10,12H,3-4,7-9H2,1-2H3,(H,18,19,20). The molecule has 0 radical (unpaired) electrons. The van der Waals surface area contributed by atoms with Gasteiger partial charge < -0.3 is 15.0 Å². The van der Waals surface area contributed by atoms with Crippen molar-refractivity contribution >= 4 is 28.2 Å². The molecule has 1 saturated heterocycles. The third-order valence-corrected chi connectivity index (χ3v) is 4.88. The summed E-state index contributed by atoms with van der Waals surface area (Å²) >= 11 is 1.54. The van der Waals surface area contributed by atoms with Gasteiger partial charge in [0, 0.05) is 43.9 Å². The Bertz CT molecular complexity index is 705. The van der Waals surface area contributed by atoms with Crippen LogP contribution in [-0.2, 0) is 9.53 Å². The van der Waals surface area contributed by atoms with E-state index in [0.717, 1.165) is 41.7 Å². The summed E-state index contributed by atoms with van der Waals surface area (Å²) in [5.41, 5.74) is 1.86. The molecule has 2 aromatic heterocycles. The average Bonchev–Trinajstić information content (AvgIpc) is 3.01. The lowest BCUT2D eigenvalue weighted by Crippen LogP contribution is -2.41. The first kappa shape index (κ1) is 16.8. The van der Waals surface area contributed by atoms with Crippen molar-refractivity contribution in [3.05, 3.63) is 29.2 Å². The van der Waals surface area contributed by atoms with Crippen molar-refractivity contribution in [2.75, 3.05) is 32.1 Å². The predicted molar refractivity (Wildman–Crippen MR) is 92.6 cm³/mol. The number of aryl methyl sites for hydroxylation is 1. The van der Waals surface area contributed by atoms with Crippen molar-refractivity contribution in [3.63, 3.8) is 0 Å². The number of amides is 1. The minimum atomic E-state index is 0.0242. The van der Waals surface area contributed by atoms with E-state index >= 15 is 0 Å². The van der Waals surface area contributed by atoms with Crippen molar-refractivity contribution in [1.29, 1.82) is 0 Å². The van der Waals surface area contributed by atoms with Gasteiger partial charge in [-0.3, -0.25) is 9.78 Å². The number of hydrogen-bond donors (Lipinski definition) is 1. The summed E-state index contributed by atoms with van der Waals surface area (Å²) in [5.74, 6) is 0.908. The number of aromatic nitrogens is 3. The van der Waals surface area contributed by atoms with E-state index in [1.807, 2.05) is 17.2 Å². The molecule has 0 aromatic carbocycles. The lowest BCUT2D eigenvalue weighted by Gasteiger charge is -2.32. The van der Waals surface area contributed by atoms with E-state index in [1.165, 1.54) is 0 Å². The first-order valence-corrected chi connectivity index (χ1v) is 8.82. The number of hydrogen-bond acceptors (Lipinski definition) is 7. The zero-order chi connectivity index (χ0) is 16.9. The van der Waals surface area contributed by atoms with Gasteiger partial charge in [-0.15, -0.1) is 11.3 Å². The molecule has 3 rings (SSSR count). The number of nitrogens with zero attached hydrogens (tertiary/aromatic N) is 4. The van der Waals surface area contributed by atoms with Crippen molar-refractivity contribution in [2.24, 2.45) is 0 Å². The Morgan fingerprint density at radius 2 is 2.29 bits per heavy atom. The summed E-state index contributed by atoms with van der Waals surface area (Å²) in [7, 11) is 1.54. The molecule has 3 heterocycles. The minimum Gasteiger partial charge on any atom is -0.375 e. The Morgan fingerprint density at radius 1 is 1.46 bits per heavy atom. The van der Waals surface area contributed by atoms with Crippen molar-refractivity contribution in [1.82, 2.24) is 19.9 Å². The van der Waals surface area contributed by atoms with E-state index in [0.29, 0.717) is 6.54 Å². The summed E-state index contributed by atoms with van der Waals surface area (Å²) in [4.78, 5) is 27.3. The van der Waals surface area contributed by atoms with Gasteiger partial charge in [-0.1, -0.05) is 0 Å². The molecule has 1 N–H and O–H groups in total. The number of thiazole rings is 1. The number of methoxy groups -OCH3 is 1. The third-order valence-electron chi connectivity index (χ3n) is 4.00. The summed E-state index contributed by atoms with van der Waals surface area (Å²) in [5, 5.41) is 6.06. The van der Waals surface area contributed by atoms with Crippen molar-refractivity contribution < 1.29 is 9.53 Å². The molecule has 1 fully saturated rings. The fourth-order valence-electron chi connectivity index (χ4n) is 2.90. The highest BCUT2D eigenvalue weighted by Gasteiger charge is 2.27. The molecular weight excluding hydrogens is 326 g/mol. The maximum Gasteiger partial charge on any atom is 0.248 e. The topological polar surface area (TPSA) is 80.2 Å². The minimum absolute atomic E-state index is 0.0242. The molecule has 0 saturated carbocycles. The molecule has 1 amide bonds. The highest BCUT2D eigenvalue weighted by atomic mass is 32.1. The number of nitrogens with one attached hydrogen (secondary N) is 1. The van der Waals surface area contributed by atoms with Gasteiger partial charge in [-0.25, -0.2) is 9.97 Å². The largest absolute Gasteiger partial charge is 0.375 e. The smallest absolute Gasteiger partial charge is 0.248 e.